The quantitative estimate of drug-likeness (QED) is 0.440. The number of hydrogen-bond donors (Lipinski definition) is 2. The fourth-order valence-corrected chi connectivity index (χ4v) is 6.78. The molecule has 0 aliphatic carbocycles. The fraction of sp³-hybridized carbons (Fsp3) is 0.519. The van der Waals surface area contributed by atoms with Gasteiger partial charge in [-0.2, -0.15) is 4.98 Å². The van der Waals surface area contributed by atoms with Gasteiger partial charge in [0, 0.05) is 54.8 Å². The van der Waals surface area contributed by atoms with Gasteiger partial charge >= 0.3 is 0 Å². The molecule has 38 heavy (non-hydrogen) atoms. The molecule has 0 bridgehead atoms. The summed E-state index contributed by atoms with van der Waals surface area (Å²) in [6, 6.07) is 7.47. The second kappa shape index (κ2) is 10.3. The van der Waals surface area contributed by atoms with E-state index in [1.807, 2.05) is 12.3 Å². The van der Waals surface area contributed by atoms with Crippen molar-refractivity contribution in [1.29, 1.82) is 0 Å². The van der Waals surface area contributed by atoms with Crippen LogP contribution in [-0.4, -0.2) is 78.4 Å². The third kappa shape index (κ3) is 5.13. The number of pyridine rings is 1. The van der Waals surface area contributed by atoms with Crippen LogP contribution >= 0.6 is 0 Å². The number of rotatable bonds is 8. The normalized spacial score (nSPS) is 23.8. The number of fused-ring (bicyclic) bond motifs is 1. The maximum Gasteiger partial charge on any atom is 0.227 e. The number of aliphatic hydroxyl groups excluding tert-OH is 1. The van der Waals surface area contributed by atoms with Crippen molar-refractivity contribution in [3.8, 4) is 0 Å². The number of benzene rings is 1. The Hall–Kier alpha value is -3.05. The van der Waals surface area contributed by atoms with E-state index in [-0.39, 0.29) is 24.3 Å². The first-order valence-corrected chi connectivity index (χ1v) is 15.1. The zero-order valence-corrected chi connectivity index (χ0v) is 23.0. The average Bonchev–Trinajstić information content (AvgIpc) is 3.25. The molecule has 0 amide bonds. The van der Waals surface area contributed by atoms with Gasteiger partial charge in [-0.25, -0.2) is 22.8 Å². The van der Waals surface area contributed by atoms with E-state index in [0.717, 1.165) is 16.5 Å². The summed E-state index contributed by atoms with van der Waals surface area (Å²) in [4.78, 5) is 17.5. The lowest BCUT2D eigenvalue weighted by Crippen LogP contribution is -2.57. The fourth-order valence-electron chi connectivity index (χ4n) is 5.62. The zero-order valence-electron chi connectivity index (χ0n) is 22.2. The van der Waals surface area contributed by atoms with E-state index in [2.05, 4.69) is 58.1 Å². The Labute approximate surface area is 223 Å². The van der Waals surface area contributed by atoms with Crippen LogP contribution in [0.25, 0.3) is 10.8 Å². The summed E-state index contributed by atoms with van der Waals surface area (Å²) in [5.74, 6) is 2.12. The minimum absolute atomic E-state index is 0.111. The Bertz CT molecular complexity index is 1440. The Morgan fingerprint density at radius 1 is 1.16 bits per heavy atom. The summed E-state index contributed by atoms with van der Waals surface area (Å²) >= 11 is 0. The molecule has 4 heterocycles. The van der Waals surface area contributed by atoms with Crippen molar-refractivity contribution < 1.29 is 17.9 Å². The van der Waals surface area contributed by atoms with Gasteiger partial charge in [0.2, 0.25) is 5.95 Å². The van der Waals surface area contributed by atoms with Gasteiger partial charge in [-0.3, -0.25) is 0 Å². The molecule has 0 spiro atoms. The molecule has 204 valence electrons. The van der Waals surface area contributed by atoms with Gasteiger partial charge in [0.15, 0.2) is 0 Å². The highest BCUT2D eigenvalue weighted by atomic mass is 32.2. The number of aromatic nitrogens is 3. The molecule has 1 unspecified atom stereocenters. The number of halogens is 1. The molecule has 9 nitrogen and oxygen atoms in total. The minimum atomic E-state index is -3.03. The average molecular weight is 543 g/mol. The van der Waals surface area contributed by atoms with Gasteiger partial charge in [-0.05, 0) is 48.4 Å². The molecule has 0 radical (unpaired) electrons. The van der Waals surface area contributed by atoms with Gasteiger partial charge in [-0.15, -0.1) is 0 Å². The van der Waals surface area contributed by atoms with Gasteiger partial charge in [0.25, 0.3) is 0 Å². The van der Waals surface area contributed by atoms with Gasteiger partial charge in [0.1, 0.15) is 27.6 Å². The molecule has 2 aliphatic rings. The number of nitrogens with one attached hydrogen (secondary N) is 1. The molecule has 4 atom stereocenters. The summed E-state index contributed by atoms with van der Waals surface area (Å²) in [6.45, 7) is 7.23. The maximum absolute atomic E-state index is 14.1. The number of hydrogen-bond acceptors (Lipinski definition) is 9. The molecule has 2 saturated heterocycles. The largest absolute Gasteiger partial charge is 0.394 e. The third-order valence-electron chi connectivity index (χ3n) is 7.77. The predicted octanol–water partition coefficient (Wildman–Crippen LogP) is 3.67. The predicted molar refractivity (Wildman–Crippen MR) is 149 cm³/mol. The van der Waals surface area contributed by atoms with Crippen LogP contribution in [0.1, 0.15) is 38.7 Å². The lowest BCUT2D eigenvalue weighted by atomic mass is 9.88. The molecular weight excluding hydrogens is 507 g/mol. The third-order valence-corrected chi connectivity index (χ3v) is 8.81. The van der Waals surface area contributed by atoms with Crippen molar-refractivity contribution in [3.63, 3.8) is 0 Å². The zero-order chi connectivity index (χ0) is 27.2. The lowest BCUT2D eigenvalue weighted by Gasteiger charge is -2.48. The molecule has 2 N–H and O–H groups in total. The number of sulfone groups is 1. The Kier molecular flexibility index (Phi) is 7.17. The maximum atomic E-state index is 14.1. The molecule has 2 fully saturated rings. The molecule has 0 saturated carbocycles. The summed E-state index contributed by atoms with van der Waals surface area (Å²) < 4.78 is 37.8. The van der Waals surface area contributed by atoms with E-state index in [4.69, 9.17) is 0 Å². The van der Waals surface area contributed by atoms with Gasteiger partial charge < -0.3 is 20.2 Å². The minimum Gasteiger partial charge on any atom is -0.394 e. The van der Waals surface area contributed by atoms with E-state index >= 15 is 0 Å². The number of aliphatic hydroxyl groups is 1. The Morgan fingerprint density at radius 3 is 2.63 bits per heavy atom. The van der Waals surface area contributed by atoms with Crippen LogP contribution in [0.2, 0.25) is 0 Å². The number of nitrogens with zero attached hydrogens (tertiary/aromatic N) is 5. The van der Waals surface area contributed by atoms with Crippen molar-refractivity contribution in [3.05, 3.63) is 42.2 Å². The summed E-state index contributed by atoms with van der Waals surface area (Å²) in [6.07, 6.45) is 3.99. The Balaban J connectivity index is 1.43. The van der Waals surface area contributed by atoms with E-state index < -0.39 is 22.1 Å². The van der Waals surface area contributed by atoms with Crippen molar-refractivity contribution in [2.75, 3.05) is 46.8 Å². The van der Waals surface area contributed by atoms with Crippen LogP contribution < -0.4 is 15.1 Å². The van der Waals surface area contributed by atoms with Crippen molar-refractivity contribution in [2.24, 2.45) is 5.92 Å². The van der Waals surface area contributed by atoms with Crippen LogP contribution in [0, 0.1) is 5.92 Å². The second-order valence-corrected chi connectivity index (χ2v) is 13.0. The highest BCUT2D eigenvalue weighted by Crippen LogP contribution is 2.39. The topological polar surface area (TPSA) is 112 Å². The first kappa shape index (κ1) is 26.6. The standard InChI is InChI=1S/C27H35FN6O3S/c1-16(2)19-5-6-23(34-13-18(17(34)3)15-38(4,36)37)21-12-30-26(11-20(19)21)31-25-7-9-29-27(32-25)33-10-8-22(28)24(33)14-35/h5-7,9,11-12,16-18,22,24,35H,8,10,13-15H2,1-4H3,(H,29,30,31,32)/t17-,18-,22-,24?/m1/s1. The highest BCUT2D eigenvalue weighted by Gasteiger charge is 2.38. The molecule has 11 heteroatoms. The second-order valence-electron chi connectivity index (χ2n) is 10.8. The first-order chi connectivity index (χ1) is 18.1. The number of alkyl halides is 1. The molecule has 1 aromatic carbocycles. The van der Waals surface area contributed by atoms with E-state index in [1.54, 1.807) is 17.2 Å². The van der Waals surface area contributed by atoms with Gasteiger partial charge in [0.05, 0.1) is 18.4 Å². The summed E-state index contributed by atoms with van der Waals surface area (Å²) in [5.41, 5.74) is 2.24. The van der Waals surface area contributed by atoms with Crippen LogP contribution in [0.3, 0.4) is 0 Å². The summed E-state index contributed by atoms with van der Waals surface area (Å²) in [7, 11) is -3.03. The van der Waals surface area contributed by atoms with Crippen LogP contribution in [0.5, 0.6) is 0 Å². The molecule has 3 aromatic rings. The van der Waals surface area contributed by atoms with E-state index in [1.165, 1.54) is 11.8 Å². The molecule has 2 aliphatic heterocycles. The lowest BCUT2D eigenvalue weighted by molar-refractivity contribution is 0.206. The SMILES string of the molecule is CC(C)c1ccc(N2C[C@H](CS(C)(=O)=O)[C@H]2C)c2cnc(Nc3ccnc(N4CC[C@@H](F)C4CO)n3)cc12. The molecule has 5 rings (SSSR count). The summed E-state index contributed by atoms with van der Waals surface area (Å²) in [5, 5.41) is 15.0. The van der Waals surface area contributed by atoms with Crippen molar-refractivity contribution in [1.82, 2.24) is 15.0 Å². The van der Waals surface area contributed by atoms with Crippen molar-refractivity contribution in [2.45, 2.75) is 51.4 Å². The first-order valence-electron chi connectivity index (χ1n) is 13.0. The van der Waals surface area contributed by atoms with Gasteiger partial charge in [-0.1, -0.05) is 19.9 Å². The number of anilines is 4. The van der Waals surface area contributed by atoms with Crippen LogP contribution in [0.4, 0.5) is 27.7 Å². The van der Waals surface area contributed by atoms with E-state index in [9.17, 15) is 17.9 Å². The smallest absolute Gasteiger partial charge is 0.227 e. The molecule has 2 aromatic heterocycles. The van der Waals surface area contributed by atoms with Crippen molar-refractivity contribution >= 4 is 43.9 Å². The highest BCUT2D eigenvalue weighted by molar-refractivity contribution is 7.90. The van der Waals surface area contributed by atoms with E-state index in [0.29, 0.717) is 43.0 Å². The monoisotopic (exact) mass is 542 g/mol. The van der Waals surface area contributed by atoms with Crippen LogP contribution in [0.15, 0.2) is 36.7 Å². The van der Waals surface area contributed by atoms with Crippen LogP contribution in [-0.2, 0) is 9.84 Å². The Morgan fingerprint density at radius 2 is 1.95 bits per heavy atom. The molecular formula is C27H35FN6O3S.